The molecule has 1 aliphatic heterocycles. The number of hydrogen-bond donors (Lipinski definition) is 1. The largest absolute Gasteiger partial charge is 0.573 e. The number of ether oxygens (including phenoxy) is 1. The van der Waals surface area contributed by atoms with Crippen molar-refractivity contribution in [2.45, 2.75) is 64.1 Å². The van der Waals surface area contributed by atoms with Crippen LogP contribution in [0.1, 0.15) is 50.9 Å². The molecule has 0 bridgehead atoms. The van der Waals surface area contributed by atoms with E-state index in [4.69, 9.17) is 9.31 Å². The van der Waals surface area contributed by atoms with Crippen molar-refractivity contribution in [3.05, 3.63) is 23.8 Å². The van der Waals surface area contributed by atoms with Gasteiger partial charge >= 0.3 is 13.5 Å². The minimum atomic E-state index is -4.91. The third-order valence-corrected chi connectivity index (χ3v) is 4.91. The molecular weight excluding hydrogens is 350 g/mol. The molecule has 0 unspecified atom stereocenters. The molecule has 0 radical (unpaired) electrons. The van der Waals surface area contributed by atoms with Crippen LogP contribution in [-0.2, 0) is 9.31 Å². The van der Waals surface area contributed by atoms with Crippen molar-refractivity contribution in [3.63, 3.8) is 0 Å². The lowest BCUT2D eigenvalue weighted by atomic mass is 9.78. The molecule has 3 rings (SSSR count). The zero-order valence-corrected chi connectivity index (χ0v) is 15.1. The maximum Gasteiger partial charge on any atom is 0.573 e. The molecule has 1 saturated heterocycles. The molecule has 1 N–H and O–H groups in total. The van der Waals surface area contributed by atoms with Crippen LogP contribution in [0.15, 0.2) is 18.2 Å². The summed E-state index contributed by atoms with van der Waals surface area (Å²) in [4.78, 5) is 12.2. The Morgan fingerprint density at radius 2 is 1.77 bits per heavy atom. The fourth-order valence-electron chi connectivity index (χ4n) is 2.55. The first kappa shape index (κ1) is 19.0. The monoisotopic (exact) mass is 371 g/mol. The Kier molecular flexibility index (Phi) is 4.51. The Hall–Kier alpha value is -1.74. The van der Waals surface area contributed by atoms with Crippen molar-refractivity contribution in [2.75, 3.05) is 0 Å². The van der Waals surface area contributed by atoms with Crippen LogP contribution in [0.3, 0.4) is 0 Å². The van der Waals surface area contributed by atoms with Gasteiger partial charge < -0.3 is 19.4 Å². The fourth-order valence-corrected chi connectivity index (χ4v) is 2.55. The third kappa shape index (κ3) is 3.98. The van der Waals surface area contributed by atoms with Crippen LogP contribution in [0.2, 0.25) is 0 Å². The van der Waals surface area contributed by atoms with Crippen molar-refractivity contribution in [2.24, 2.45) is 0 Å². The van der Waals surface area contributed by atoms with Gasteiger partial charge in [-0.1, -0.05) is 6.07 Å². The van der Waals surface area contributed by atoms with E-state index < -0.39 is 36.3 Å². The lowest BCUT2D eigenvalue weighted by Crippen LogP contribution is -2.41. The number of carbonyl (C=O) groups excluding carboxylic acids is 1. The summed E-state index contributed by atoms with van der Waals surface area (Å²) in [6, 6.07) is 3.99. The predicted octanol–water partition coefficient (Wildman–Crippen LogP) is 2.78. The summed E-state index contributed by atoms with van der Waals surface area (Å²) in [5.41, 5.74) is -1.09. The first-order valence-corrected chi connectivity index (χ1v) is 8.44. The van der Waals surface area contributed by atoms with Gasteiger partial charge in [0, 0.05) is 6.04 Å². The Labute approximate surface area is 150 Å². The summed E-state index contributed by atoms with van der Waals surface area (Å²) in [7, 11) is -0.851. The van der Waals surface area contributed by atoms with Crippen LogP contribution < -0.4 is 15.5 Å². The lowest BCUT2D eigenvalue weighted by molar-refractivity contribution is -0.274. The van der Waals surface area contributed by atoms with Crippen LogP contribution in [0, 0.1) is 0 Å². The molecule has 0 aromatic heterocycles. The molecule has 1 saturated carbocycles. The van der Waals surface area contributed by atoms with Gasteiger partial charge in [0.05, 0.1) is 16.8 Å². The highest BCUT2D eigenvalue weighted by molar-refractivity contribution is 6.62. The summed E-state index contributed by atoms with van der Waals surface area (Å²) in [6.45, 7) is 7.38. The van der Waals surface area contributed by atoms with Crippen molar-refractivity contribution in [1.82, 2.24) is 5.32 Å². The van der Waals surface area contributed by atoms with E-state index in [2.05, 4.69) is 10.1 Å². The SMILES string of the molecule is CC1(C)OB(c2ccc(C(=O)NC3CC3)c(OC(F)(F)F)c2)OC1(C)C. The van der Waals surface area contributed by atoms with Crippen LogP contribution in [0.5, 0.6) is 5.75 Å². The molecule has 0 atom stereocenters. The molecule has 142 valence electrons. The van der Waals surface area contributed by atoms with Crippen molar-refractivity contribution < 1.29 is 32.0 Å². The molecule has 1 heterocycles. The van der Waals surface area contributed by atoms with Gasteiger partial charge in [-0.05, 0) is 58.1 Å². The quantitative estimate of drug-likeness (QED) is 0.828. The normalized spacial score (nSPS) is 21.6. The van der Waals surface area contributed by atoms with E-state index in [1.807, 2.05) is 27.7 Å². The number of hydrogen-bond acceptors (Lipinski definition) is 4. The summed E-state index contributed by atoms with van der Waals surface area (Å²) in [6.07, 6.45) is -3.26. The zero-order chi connectivity index (χ0) is 19.3. The van der Waals surface area contributed by atoms with E-state index in [-0.39, 0.29) is 11.6 Å². The average Bonchev–Trinajstić information content (AvgIpc) is 3.24. The Balaban J connectivity index is 1.90. The highest BCUT2D eigenvalue weighted by atomic mass is 19.4. The fraction of sp³-hybridized carbons (Fsp3) is 0.588. The van der Waals surface area contributed by atoms with Crippen molar-refractivity contribution in [1.29, 1.82) is 0 Å². The van der Waals surface area contributed by atoms with Gasteiger partial charge in [0.15, 0.2) is 0 Å². The summed E-state index contributed by atoms with van der Waals surface area (Å²) >= 11 is 0. The van der Waals surface area contributed by atoms with Crippen LogP contribution >= 0.6 is 0 Å². The van der Waals surface area contributed by atoms with E-state index >= 15 is 0 Å². The molecule has 2 fully saturated rings. The standard InChI is InChI=1S/C17H21BF3NO4/c1-15(2)16(3,4)26-18(25-15)10-5-8-12(14(23)22-11-6-7-11)13(9-10)24-17(19,20)21/h5,8-9,11H,6-7H2,1-4H3,(H,22,23). The second kappa shape index (κ2) is 6.16. The first-order valence-electron chi connectivity index (χ1n) is 8.44. The number of carbonyl (C=O) groups is 1. The molecule has 26 heavy (non-hydrogen) atoms. The molecule has 9 heteroatoms. The minimum Gasteiger partial charge on any atom is -0.405 e. The van der Waals surface area contributed by atoms with Gasteiger partial charge in [-0.15, -0.1) is 13.2 Å². The van der Waals surface area contributed by atoms with E-state index in [1.54, 1.807) is 0 Å². The van der Waals surface area contributed by atoms with Gasteiger partial charge in [-0.3, -0.25) is 4.79 Å². The molecular formula is C17H21BF3NO4. The predicted molar refractivity (Wildman–Crippen MR) is 89.3 cm³/mol. The highest BCUT2D eigenvalue weighted by Gasteiger charge is 2.52. The lowest BCUT2D eigenvalue weighted by Gasteiger charge is -2.32. The number of nitrogens with one attached hydrogen (secondary N) is 1. The molecule has 0 spiro atoms. The maximum atomic E-state index is 12.8. The number of benzene rings is 1. The second-order valence-corrected chi connectivity index (χ2v) is 7.64. The number of rotatable bonds is 4. The van der Waals surface area contributed by atoms with Crippen LogP contribution in [-0.4, -0.2) is 36.6 Å². The second-order valence-electron chi connectivity index (χ2n) is 7.64. The van der Waals surface area contributed by atoms with Crippen molar-refractivity contribution >= 4 is 18.5 Å². The Morgan fingerprint density at radius 3 is 2.27 bits per heavy atom. The van der Waals surface area contributed by atoms with Gasteiger partial charge in [0.2, 0.25) is 0 Å². The van der Waals surface area contributed by atoms with Gasteiger partial charge in [0.1, 0.15) is 5.75 Å². The van der Waals surface area contributed by atoms with Crippen LogP contribution in [0.4, 0.5) is 13.2 Å². The third-order valence-electron chi connectivity index (χ3n) is 4.91. The summed E-state index contributed by atoms with van der Waals surface area (Å²) in [5.74, 6) is -1.16. The Bertz CT molecular complexity index is 700. The van der Waals surface area contributed by atoms with E-state index in [9.17, 15) is 18.0 Å². The number of halogens is 3. The maximum absolute atomic E-state index is 12.8. The van der Waals surface area contributed by atoms with Gasteiger partial charge in [-0.25, -0.2) is 0 Å². The topological polar surface area (TPSA) is 56.8 Å². The average molecular weight is 371 g/mol. The Morgan fingerprint density at radius 1 is 1.19 bits per heavy atom. The number of alkyl halides is 3. The van der Waals surface area contributed by atoms with Gasteiger partial charge in [0.25, 0.3) is 5.91 Å². The molecule has 1 aromatic rings. The molecule has 5 nitrogen and oxygen atoms in total. The van der Waals surface area contributed by atoms with Gasteiger partial charge in [-0.2, -0.15) is 0 Å². The summed E-state index contributed by atoms with van der Waals surface area (Å²) < 4.78 is 54.2. The molecule has 2 aliphatic rings. The minimum absolute atomic E-state index is 0.0176. The molecule has 1 amide bonds. The molecule has 1 aliphatic carbocycles. The zero-order valence-electron chi connectivity index (χ0n) is 15.1. The van der Waals surface area contributed by atoms with E-state index in [0.717, 1.165) is 18.9 Å². The number of amides is 1. The smallest absolute Gasteiger partial charge is 0.405 e. The van der Waals surface area contributed by atoms with E-state index in [0.29, 0.717) is 5.46 Å². The highest BCUT2D eigenvalue weighted by Crippen LogP contribution is 2.37. The first-order chi connectivity index (χ1) is 11.9. The molecule has 1 aromatic carbocycles. The van der Waals surface area contributed by atoms with Crippen molar-refractivity contribution in [3.8, 4) is 5.75 Å². The van der Waals surface area contributed by atoms with Crippen LogP contribution in [0.25, 0.3) is 0 Å². The van der Waals surface area contributed by atoms with E-state index in [1.165, 1.54) is 12.1 Å². The summed E-state index contributed by atoms with van der Waals surface area (Å²) in [5, 5.41) is 2.66.